The molecule has 2 aliphatic heterocycles. The van der Waals surface area contributed by atoms with Crippen molar-refractivity contribution in [1.29, 1.82) is 0 Å². The lowest BCUT2D eigenvalue weighted by atomic mass is 9.97. The lowest BCUT2D eigenvalue weighted by molar-refractivity contribution is 0.0970. The molecule has 196 valence electrons. The van der Waals surface area contributed by atoms with E-state index in [0.717, 1.165) is 55.5 Å². The molecule has 0 spiro atoms. The standard InChI is InChI=1S/C29H33ClN4OS.ClH/c1-32(2)16-17-35-25-8-5-6-22(18-25)21-31-34-14-12-33(13-15-34)27-19-23-7-3-4-9-28(23)36-29-11-10-24(30)20-26(27)29;/h3-11,18,20-21,27H,12-17,19H2,1-2H3;1H/b31-21+;. The number of likely N-dealkylation sites (N-methyl/N-ethyl adjacent to an activating group) is 1. The summed E-state index contributed by atoms with van der Waals surface area (Å²) in [6, 6.07) is 23.6. The van der Waals surface area contributed by atoms with E-state index in [0.29, 0.717) is 12.6 Å². The predicted octanol–water partition coefficient (Wildman–Crippen LogP) is 6.10. The zero-order valence-corrected chi connectivity index (χ0v) is 23.7. The monoisotopic (exact) mass is 556 g/mol. The second-order valence-electron chi connectivity index (χ2n) is 9.57. The normalized spacial score (nSPS) is 17.7. The number of hydrogen-bond donors (Lipinski definition) is 0. The molecule has 0 amide bonds. The summed E-state index contributed by atoms with van der Waals surface area (Å²) in [6.07, 6.45) is 2.95. The summed E-state index contributed by atoms with van der Waals surface area (Å²) in [5, 5.41) is 7.77. The highest BCUT2D eigenvalue weighted by molar-refractivity contribution is 7.99. The highest BCUT2D eigenvalue weighted by Gasteiger charge is 2.30. The van der Waals surface area contributed by atoms with Crippen LogP contribution in [0, 0.1) is 0 Å². The average molecular weight is 558 g/mol. The van der Waals surface area contributed by atoms with Gasteiger partial charge in [0.2, 0.25) is 0 Å². The van der Waals surface area contributed by atoms with Crippen molar-refractivity contribution in [2.45, 2.75) is 22.3 Å². The molecular formula is C29H34Cl2N4OS. The van der Waals surface area contributed by atoms with Crippen LogP contribution >= 0.6 is 35.8 Å². The molecule has 2 heterocycles. The number of hydrazone groups is 1. The summed E-state index contributed by atoms with van der Waals surface area (Å²) < 4.78 is 5.87. The molecule has 1 fully saturated rings. The third-order valence-electron chi connectivity index (χ3n) is 6.70. The minimum absolute atomic E-state index is 0. The Morgan fingerprint density at radius 1 is 1.00 bits per heavy atom. The number of rotatable bonds is 7. The molecule has 2 aliphatic rings. The minimum atomic E-state index is 0. The van der Waals surface area contributed by atoms with Crippen molar-refractivity contribution >= 4 is 42.0 Å². The summed E-state index contributed by atoms with van der Waals surface area (Å²) >= 11 is 8.32. The topological polar surface area (TPSA) is 31.3 Å². The summed E-state index contributed by atoms with van der Waals surface area (Å²) in [7, 11) is 4.10. The van der Waals surface area contributed by atoms with Crippen LogP contribution in [0.4, 0.5) is 0 Å². The van der Waals surface area contributed by atoms with Gasteiger partial charge in [-0.15, -0.1) is 12.4 Å². The second kappa shape index (κ2) is 13.0. The molecule has 0 saturated carbocycles. The molecule has 0 bridgehead atoms. The number of benzene rings is 3. The molecule has 0 aliphatic carbocycles. The maximum absolute atomic E-state index is 6.45. The summed E-state index contributed by atoms with van der Waals surface area (Å²) in [4.78, 5) is 7.37. The first-order chi connectivity index (χ1) is 17.5. The van der Waals surface area contributed by atoms with Gasteiger partial charge in [-0.1, -0.05) is 53.7 Å². The molecule has 1 unspecified atom stereocenters. The van der Waals surface area contributed by atoms with Gasteiger partial charge in [0.1, 0.15) is 12.4 Å². The third-order valence-corrected chi connectivity index (χ3v) is 8.15. The smallest absolute Gasteiger partial charge is 0.120 e. The van der Waals surface area contributed by atoms with Gasteiger partial charge in [0, 0.05) is 53.6 Å². The molecule has 0 N–H and O–H groups in total. The Hall–Kier alpha value is -2.22. The summed E-state index contributed by atoms with van der Waals surface area (Å²) in [6.45, 7) is 5.30. The summed E-state index contributed by atoms with van der Waals surface area (Å²) in [5.41, 5.74) is 3.81. The average Bonchev–Trinajstić information content (AvgIpc) is 3.04. The van der Waals surface area contributed by atoms with Crippen molar-refractivity contribution in [2.75, 3.05) is 53.4 Å². The Labute approximate surface area is 235 Å². The van der Waals surface area contributed by atoms with Crippen LogP contribution < -0.4 is 4.74 Å². The van der Waals surface area contributed by atoms with Gasteiger partial charge < -0.3 is 9.64 Å². The Bertz CT molecular complexity index is 1210. The molecule has 37 heavy (non-hydrogen) atoms. The van der Waals surface area contributed by atoms with E-state index in [1.807, 2.05) is 50.3 Å². The Balaban J connectivity index is 0.00000320. The fourth-order valence-electron chi connectivity index (χ4n) is 4.72. The molecule has 8 heteroatoms. The number of halogens is 2. The Morgan fingerprint density at radius 2 is 1.81 bits per heavy atom. The lowest BCUT2D eigenvalue weighted by Crippen LogP contribution is -2.46. The summed E-state index contributed by atoms with van der Waals surface area (Å²) in [5.74, 6) is 0.884. The van der Waals surface area contributed by atoms with Crippen molar-refractivity contribution in [2.24, 2.45) is 5.10 Å². The first-order valence-electron chi connectivity index (χ1n) is 12.5. The van der Waals surface area contributed by atoms with Crippen LogP contribution in [0.25, 0.3) is 0 Å². The van der Waals surface area contributed by atoms with Gasteiger partial charge in [0.25, 0.3) is 0 Å². The lowest BCUT2D eigenvalue weighted by Gasteiger charge is -2.38. The highest BCUT2D eigenvalue weighted by atomic mass is 35.5. The van der Waals surface area contributed by atoms with E-state index in [4.69, 9.17) is 21.4 Å². The number of fused-ring (bicyclic) bond motifs is 2. The van der Waals surface area contributed by atoms with Gasteiger partial charge in [-0.3, -0.25) is 9.91 Å². The largest absolute Gasteiger partial charge is 0.492 e. The van der Waals surface area contributed by atoms with Gasteiger partial charge in [-0.25, -0.2) is 0 Å². The predicted molar refractivity (Wildman–Crippen MR) is 157 cm³/mol. The van der Waals surface area contributed by atoms with Crippen LogP contribution in [-0.2, 0) is 6.42 Å². The fourth-order valence-corrected chi connectivity index (χ4v) is 6.02. The molecule has 3 aromatic carbocycles. The van der Waals surface area contributed by atoms with E-state index >= 15 is 0 Å². The van der Waals surface area contributed by atoms with Crippen molar-refractivity contribution in [3.63, 3.8) is 0 Å². The molecule has 0 radical (unpaired) electrons. The number of hydrogen-bond acceptors (Lipinski definition) is 6. The number of ether oxygens (including phenoxy) is 1. The van der Waals surface area contributed by atoms with Crippen molar-refractivity contribution < 1.29 is 4.74 Å². The molecule has 5 nitrogen and oxygen atoms in total. The van der Waals surface area contributed by atoms with Crippen LogP contribution in [0.15, 0.2) is 81.6 Å². The maximum Gasteiger partial charge on any atom is 0.120 e. The molecular weight excluding hydrogens is 523 g/mol. The van der Waals surface area contributed by atoms with Crippen molar-refractivity contribution in [1.82, 2.24) is 14.8 Å². The van der Waals surface area contributed by atoms with Crippen molar-refractivity contribution in [3.05, 3.63) is 88.4 Å². The van der Waals surface area contributed by atoms with E-state index in [2.05, 4.69) is 63.3 Å². The van der Waals surface area contributed by atoms with Crippen LogP contribution in [0.2, 0.25) is 5.02 Å². The molecule has 1 saturated heterocycles. The van der Waals surface area contributed by atoms with Gasteiger partial charge in [-0.05, 0) is 73.6 Å². The Kier molecular flexibility index (Phi) is 9.79. The SMILES string of the molecule is CN(C)CCOc1cccc(/C=N/N2CCN(C3Cc4ccccc4Sc4ccc(Cl)cc43)CC2)c1.Cl. The zero-order chi connectivity index (χ0) is 24.9. The first-order valence-corrected chi connectivity index (χ1v) is 13.7. The van der Waals surface area contributed by atoms with Gasteiger partial charge in [0.15, 0.2) is 0 Å². The number of piperazine rings is 1. The zero-order valence-electron chi connectivity index (χ0n) is 21.3. The first kappa shape index (κ1) is 27.8. The van der Waals surface area contributed by atoms with Crippen molar-refractivity contribution in [3.8, 4) is 5.75 Å². The fraction of sp³-hybridized carbons (Fsp3) is 0.345. The second-order valence-corrected chi connectivity index (χ2v) is 11.1. The van der Waals surface area contributed by atoms with E-state index in [1.54, 1.807) is 0 Å². The Morgan fingerprint density at radius 3 is 2.62 bits per heavy atom. The molecule has 5 rings (SSSR count). The van der Waals surface area contributed by atoms with Crippen LogP contribution in [0.5, 0.6) is 5.75 Å². The van der Waals surface area contributed by atoms with E-state index in [-0.39, 0.29) is 12.4 Å². The third kappa shape index (κ3) is 7.21. The van der Waals surface area contributed by atoms with E-state index in [9.17, 15) is 0 Å². The quantitative estimate of drug-likeness (QED) is 0.328. The van der Waals surface area contributed by atoms with E-state index < -0.39 is 0 Å². The number of nitrogens with zero attached hydrogens (tertiary/aromatic N) is 4. The maximum atomic E-state index is 6.45. The van der Waals surface area contributed by atoms with Gasteiger partial charge in [-0.2, -0.15) is 5.10 Å². The van der Waals surface area contributed by atoms with Gasteiger partial charge in [0.05, 0.1) is 6.21 Å². The van der Waals surface area contributed by atoms with Gasteiger partial charge >= 0.3 is 0 Å². The van der Waals surface area contributed by atoms with Crippen LogP contribution in [-0.4, -0.2) is 74.4 Å². The van der Waals surface area contributed by atoms with Crippen LogP contribution in [0.3, 0.4) is 0 Å². The van der Waals surface area contributed by atoms with E-state index in [1.165, 1.54) is 20.9 Å². The molecule has 3 aromatic rings. The highest BCUT2D eigenvalue weighted by Crippen LogP contribution is 2.43. The minimum Gasteiger partial charge on any atom is -0.492 e. The van der Waals surface area contributed by atoms with Crippen LogP contribution in [0.1, 0.15) is 22.7 Å². The molecule has 1 atom stereocenters. The molecule has 0 aromatic heterocycles.